The van der Waals surface area contributed by atoms with Crippen LogP contribution >= 0.6 is 11.3 Å². The zero-order valence-corrected chi connectivity index (χ0v) is 16.4. The molecule has 1 amide bonds. The summed E-state index contributed by atoms with van der Waals surface area (Å²) in [4.78, 5) is 24.6. The minimum absolute atomic E-state index is 0.0445. The minimum Gasteiger partial charge on any atom is -0.322 e. The van der Waals surface area contributed by atoms with Crippen molar-refractivity contribution in [3.63, 3.8) is 0 Å². The molecule has 0 aliphatic heterocycles. The number of anilines is 1. The summed E-state index contributed by atoms with van der Waals surface area (Å²) in [6, 6.07) is 13.3. The second-order valence-corrected chi connectivity index (χ2v) is 8.48. The number of rotatable bonds is 4. The van der Waals surface area contributed by atoms with E-state index in [0.717, 1.165) is 16.6 Å². The van der Waals surface area contributed by atoms with Crippen LogP contribution in [0.15, 0.2) is 47.3 Å². The van der Waals surface area contributed by atoms with E-state index < -0.39 is 0 Å². The summed E-state index contributed by atoms with van der Waals surface area (Å²) in [5.41, 5.74) is 3.50. The Morgan fingerprint density at radius 1 is 1.12 bits per heavy atom. The SMILES string of the molecule is CCCn1c(=O)sc2cc(NC(=O)c3ccc(C(C)(C)C)cc3)ccc21. The number of carbonyl (C=O) groups is 1. The highest BCUT2D eigenvalue weighted by Gasteiger charge is 2.15. The number of hydrogen-bond acceptors (Lipinski definition) is 3. The second kappa shape index (κ2) is 7.08. The van der Waals surface area contributed by atoms with Gasteiger partial charge in [0.15, 0.2) is 0 Å². The average Bonchev–Trinajstić information content (AvgIpc) is 2.89. The van der Waals surface area contributed by atoms with E-state index in [1.165, 1.54) is 16.9 Å². The lowest BCUT2D eigenvalue weighted by Crippen LogP contribution is -2.14. The lowest BCUT2D eigenvalue weighted by Gasteiger charge is -2.19. The lowest BCUT2D eigenvalue weighted by atomic mass is 9.87. The number of aryl methyl sites for hydroxylation is 1. The average molecular weight is 369 g/mol. The predicted molar refractivity (Wildman–Crippen MR) is 109 cm³/mol. The molecule has 0 unspecified atom stereocenters. The molecule has 0 aliphatic rings. The summed E-state index contributed by atoms with van der Waals surface area (Å²) in [6.07, 6.45) is 0.911. The van der Waals surface area contributed by atoms with Gasteiger partial charge in [-0.1, -0.05) is 51.2 Å². The topological polar surface area (TPSA) is 51.1 Å². The highest BCUT2D eigenvalue weighted by atomic mass is 32.1. The van der Waals surface area contributed by atoms with Gasteiger partial charge in [-0.25, -0.2) is 0 Å². The quantitative estimate of drug-likeness (QED) is 0.703. The van der Waals surface area contributed by atoms with Crippen molar-refractivity contribution in [2.24, 2.45) is 0 Å². The van der Waals surface area contributed by atoms with E-state index in [-0.39, 0.29) is 16.2 Å². The zero-order valence-electron chi connectivity index (χ0n) is 15.6. The molecule has 0 radical (unpaired) electrons. The first-order valence-electron chi connectivity index (χ1n) is 8.85. The molecule has 0 saturated heterocycles. The van der Waals surface area contributed by atoms with E-state index in [1.54, 1.807) is 4.57 Å². The van der Waals surface area contributed by atoms with Crippen LogP contribution in [0.3, 0.4) is 0 Å². The largest absolute Gasteiger partial charge is 0.322 e. The van der Waals surface area contributed by atoms with Crippen LogP contribution in [0.25, 0.3) is 10.2 Å². The molecule has 5 heteroatoms. The van der Waals surface area contributed by atoms with E-state index in [2.05, 4.69) is 33.0 Å². The number of aromatic nitrogens is 1. The molecule has 4 nitrogen and oxygen atoms in total. The fraction of sp³-hybridized carbons (Fsp3) is 0.333. The number of amides is 1. The van der Waals surface area contributed by atoms with Gasteiger partial charge < -0.3 is 5.32 Å². The maximum Gasteiger partial charge on any atom is 0.308 e. The lowest BCUT2D eigenvalue weighted by molar-refractivity contribution is 0.102. The molecule has 3 rings (SSSR count). The van der Waals surface area contributed by atoms with Crippen LogP contribution in [0.4, 0.5) is 5.69 Å². The number of benzene rings is 2. The summed E-state index contributed by atoms with van der Waals surface area (Å²) in [7, 11) is 0. The first-order valence-corrected chi connectivity index (χ1v) is 9.66. The van der Waals surface area contributed by atoms with Crippen molar-refractivity contribution in [2.75, 3.05) is 5.32 Å². The highest BCUT2D eigenvalue weighted by Crippen LogP contribution is 2.24. The third-order valence-corrected chi connectivity index (χ3v) is 5.33. The monoisotopic (exact) mass is 368 g/mol. The van der Waals surface area contributed by atoms with Gasteiger partial charge in [0.2, 0.25) is 0 Å². The zero-order chi connectivity index (χ0) is 18.9. The highest BCUT2D eigenvalue weighted by molar-refractivity contribution is 7.16. The summed E-state index contributed by atoms with van der Waals surface area (Å²) in [5.74, 6) is -0.148. The molecule has 0 spiro atoms. The summed E-state index contributed by atoms with van der Waals surface area (Å²) >= 11 is 1.22. The van der Waals surface area contributed by atoms with Crippen LogP contribution in [0.5, 0.6) is 0 Å². The van der Waals surface area contributed by atoms with Gasteiger partial charge in [-0.15, -0.1) is 0 Å². The third-order valence-electron chi connectivity index (χ3n) is 4.39. The van der Waals surface area contributed by atoms with Gasteiger partial charge in [-0.05, 0) is 47.7 Å². The molecule has 3 aromatic rings. The Morgan fingerprint density at radius 3 is 2.42 bits per heavy atom. The molecular formula is C21H24N2O2S. The van der Waals surface area contributed by atoms with E-state index in [4.69, 9.17) is 0 Å². The van der Waals surface area contributed by atoms with Crippen molar-refractivity contribution in [1.29, 1.82) is 0 Å². The van der Waals surface area contributed by atoms with Crippen molar-refractivity contribution in [2.45, 2.75) is 46.1 Å². The molecule has 2 aromatic carbocycles. The smallest absolute Gasteiger partial charge is 0.308 e. The van der Waals surface area contributed by atoms with Crippen LogP contribution < -0.4 is 10.2 Å². The Balaban J connectivity index is 1.82. The number of fused-ring (bicyclic) bond motifs is 1. The summed E-state index contributed by atoms with van der Waals surface area (Å²) < 4.78 is 2.68. The Labute approximate surface area is 157 Å². The molecule has 0 saturated carbocycles. The van der Waals surface area contributed by atoms with Crippen LogP contribution in [0.2, 0.25) is 0 Å². The second-order valence-electron chi connectivity index (χ2n) is 7.48. The Hall–Kier alpha value is -2.40. The predicted octanol–water partition coefficient (Wildman–Crippen LogP) is 5.02. The molecule has 0 fully saturated rings. The molecule has 136 valence electrons. The van der Waals surface area contributed by atoms with Crippen LogP contribution in [-0.2, 0) is 12.0 Å². The van der Waals surface area contributed by atoms with Crippen molar-refractivity contribution in [3.8, 4) is 0 Å². The van der Waals surface area contributed by atoms with Gasteiger partial charge in [0.05, 0.1) is 10.2 Å². The van der Waals surface area contributed by atoms with Gasteiger partial charge in [-0.3, -0.25) is 14.2 Å². The first kappa shape index (κ1) is 18.4. The van der Waals surface area contributed by atoms with Crippen molar-refractivity contribution in [3.05, 3.63) is 63.3 Å². The van der Waals surface area contributed by atoms with E-state index in [1.807, 2.05) is 42.5 Å². The molecule has 0 atom stereocenters. The van der Waals surface area contributed by atoms with Crippen molar-refractivity contribution in [1.82, 2.24) is 4.57 Å². The molecule has 1 aromatic heterocycles. The Bertz CT molecular complexity index is 992. The van der Waals surface area contributed by atoms with Crippen LogP contribution in [-0.4, -0.2) is 10.5 Å². The molecule has 1 heterocycles. The van der Waals surface area contributed by atoms with Gasteiger partial charge in [0, 0.05) is 17.8 Å². The van der Waals surface area contributed by atoms with Gasteiger partial charge in [0.1, 0.15) is 0 Å². The maximum absolute atomic E-state index is 12.5. The maximum atomic E-state index is 12.5. The van der Waals surface area contributed by atoms with Gasteiger partial charge in [0.25, 0.3) is 5.91 Å². The summed E-state index contributed by atoms with van der Waals surface area (Å²) in [6.45, 7) is 9.20. The number of thiazole rings is 1. The standard InChI is InChI=1S/C21H24N2O2S/c1-5-12-23-17-11-10-16(13-18(17)26-20(23)25)22-19(24)14-6-8-15(9-7-14)21(2,3)4/h6-11,13H,5,12H2,1-4H3,(H,22,24). The number of carbonyl (C=O) groups excluding carboxylic acids is 1. The third kappa shape index (κ3) is 3.73. The molecule has 0 aliphatic carbocycles. The molecule has 0 bridgehead atoms. The van der Waals surface area contributed by atoms with Crippen molar-refractivity contribution < 1.29 is 4.79 Å². The number of hydrogen-bond donors (Lipinski definition) is 1. The summed E-state index contributed by atoms with van der Waals surface area (Å²) in [5, 5.41) is 2.93. The molecule has 1 N–H and O–H groups in total. The van der Waals surface area contributed by atoms with E-state index >= 15 is 0 Å². The Kier molecular flexibility index (Phi) is 5.01. The van der Waals surface area contributed by atoms with E-state index in [9.17, 15) is 9.59 Å². The fourth-order valence-electron chi connectivity index (χ4n) is 2.90. The number of nitrogens with one attached hydrogen (secondary N) is 1. The fourth-order valence-corrected chi connectivity index (χ4v) is 3.86. The Morgan fingerprint density at radius 2 is 1.81 bits per heavy atom. The minimum atomic E-state index is -0.148. The van der Waals surface area contributed by atoms with Crippen LogP contribution in [0.1, 0.15) is 50.0 Å². The normalized spacial score (nSPS) is 11.7. The first-order chi connectivity index (χ1) is 12.3. The van der Waals surface area contributed by atoms with E-state index in [0.29, 0.717) is 17.8 Å². The van der Waals surface area contributed by atoms with Crippen LogP contribution in [0, 0.1) is 0 Å². The molecular weight excluding hydrogens is 344 g/mol. The molecule has 26 heavy (non-hydrogen) atoms. The number of nitrogens with zero attached hydrogens (tertiary/aromatic N) is 1. The van der Waals surface area contributed by atoms with Crippen molar-refractivity contribution >= 4 is 33.1 Å². The van der Waals surface area contributed by atoms with Gasteiger partial charge in [-0.2, -0.15) is 0 Å². The van der Waals surface area contributed by atoms with Gasteiger partial charge >= 0.3 is 4.87 Å².